The molecule has 168 valence electrons. The number of carbonyl (C=O) groups is 1. The van der Waals surface area contributed by atoms with Gasteiger partial charge in [0.15, 0.2) is 0 Å². The summed E-state index contributed by atoms with van der Waals surface area (Å²) < 4.78 is 39.2. The summed E-state index contributed by atoms with van der Waals surface area (Å²) in [6.07, 6.45) is -4.39. The van der Waals surface area contributed by atoms with Crippen molar-refractivity contribution in [3.63, 3.8) is 0 Å². The standard InChI is InChI=1S/C23H26ClF3N2OS/c1-16(2)13-28(14-17-6-5-7-18(12-17)23(25,26)27)15-21(30)29-10-11-31-22(29)19-8-3-4-9-20(19)24/h3-9,12,16,22H,10-11,13-15H2,1-2H3. The fourth-order valence-corrected chi connectivity index (χ4v) is 5.36. The molecule has 1 aliphatic heterocycles. The van der Waals surface area contributed by atoms with Crippen molar-refractivity contribution in [3.8, 4) is 0 Å². The van der Waals surface area contributed by atoms with Crippen LogP contribution in [0.2, 0.25) is 5.02 Å². The average Bonchev–Trinajstić information content (AvgIpc) is 3.17. The molecule has 0 bridgehead atoms. The van der Waals surface area contributed by atoms with Crippen molar-refractivity contribution >= 4 is 29.3 Å². The van der Waals surface area contributed by atoms with Crippen LogP contribution in [0.3, 0.4) is 0 Å². The molecule has 0 aliphatic carbocycles. The number of alkyl halides is 3. The van der Waals surface area contributed by atoms with Crippen molar-refractivity contribution in [1.82, 2.24) is 9.80 Å². The topological polar surface area (TPSA) is 23.6 Å². The third-order valence-corrected chi connectivity index (χ3v) is 6.61. The van der Waals surface area contributed by atoms with Crippen molar-refractivity contribution in [1.29, 1.82) is 0 Å². The molecule has 1 unspecified atom stereocenters. The fourth-order valence-electron chi connectivity index (χ4n) is 3.75. The van der Waals surface area contributed by atoms with Crippen molar-refractivity contribution in [2.24, 2.45) is 5.92 Å². The van der Waals surface area contributed by atoms with Gasteiger partial charge in [0.25, 0.3) is 0 Å². The first kappa shape index (κ1) is 24.0. The van der Waals surface area contributed by atoms with E-state index in [9.17, 15) is 18.0 Å². The number of amides is 1. The highest BCUT2D eigenvalue weighted by Crippen LogP contribution is 2.40. The van der Waals surface area contributed by atoms with Crippen molar-refractivity contribution < 1.29 is 18.0 Å². The van der Waals surface area contributed by atoms with Crippen LogP contribution in [-0.4, -0.2) is 41.1 Å². The summed E-state index contributed by atoms with van der Waals surface area (Å²) in [7, 11) is 0. The summed E-state index contributed by atoms with van der Waals surface area (Å²) in [5.74, 6) is 1.05. The van der Waals surface area contributed by atoms with Crippen LogP contribution in [0.15, 0.2) is 48.5 Å². The summed E-state index contributed by atoms with van der Waals surface area (Å²) >= 11 is 8.03. The zero-order chi connectivity index (χ0) is 22.6. The maximum atomic E-state index is 13.2. The van der Waals surface area contributed by atoms with Gasteiger partial charge in [-0.05, 0) is 23.6 Å². The van der Waals surface area contributed by atoms with Gasteiger partial charge in [-0.3, -0.25) is 9.69 Å². The van der Waals surface area contributed by atoms with Gasteiger partial charge < -0.3 is 4.90 Å². The summed E-state index contributed by atoms with van der Waals surface area (Å²) in [6.45, 7) is 5.73. The van der Waals surface area contributed by atoms with Gasteiger partial charge in [0.05, 0.1) is 12.1 Å². The number of thioether (sulfide) groups is 1. The first-order valence-corrected chi connectivity index (χ1v) is 11.6. The highest BCUT2D eigenvalue weighted by molar-refractivity contribution is 7.99. The van der Waals surface area contributed by atoms with E-state index in [0.717, 1.165) is 23.4 Å². The number of nitrogens with zero attached hydrogens (tertiary/aromatic N) is 2. The molecule has 0 radical (unpaired) electrons. The molecule has 3 nitrogen and oxygen atoms in total. The third kappa shape index (κ3) is 6.40. The minimum absolute atomic E-state index is 0.0393. The Morgan fingerprint density at radius 2 is 1.97 bits per heavy atom. The number of hydrogen-bond acceptors (Lipinski definition) is 3. The van der Waals surface area contributed by atoms with E-state index in [4.69, 9.17) is 11.6 Å². The van der Waals surface area contributed by atoms with E-state index in [1.807, 2.05) is 47.9 Å². The summed E-state index contributed by atoms with van der Waals surface area (Å²) in [4.78, 5) is 16.9. The highest BCUT2D eigenvalue weighted by Gasteiger charge is 2.33. The molecule has 8 heteroatoms. The predicted molar refractivity (Wildman–Crippen MR) is 120 cm³/mol. The van der Waals surface area contributed by atoms with E-state index in [1.54, 1.807) is 17.8 Å². The molecule has 2 aromatic carbocycles. The van der Waals surface area contributed by atoms with Crippen LogP contribution >= 0.6 is 23.4 Å². The van der Waals surface area contributed by atoms with Crippen molar-refractivity contribution in [2.45, 2.75) is 31.9 Å². The molecule has 1 aliphatic rings. The molecule has 1 saturated heterocycles. The largest absolute Gasteiger partial charge is 0.416 e. The third-order valence-electron chi connectivity index (χ3n) is 5.03. The lowest BCUT2D eigenvalue weighted by Gasteiger charge is -2.29. The van der Waals surface area contributed by atoms with Crippen LogP contribution in [0.1, 0.15) is 35.9 Å². The second kappa shape index (κ2) is 10.3. The molecular formula is C23H26ClF3N2OS. The van der Waals surface area contributed by atoms with Crippen LogP contribution in [-0.2, 0) is 17.5 Å². The number of halogens is 4. The highest BCUT2D eigenvalue weighted by atomic mass is 35.5. The quantitative estimate of drug-likeness (QED) is 0.489. The first-order valence-electron chi connectivity index (χ1n) is 10.2. The predicted octanol–water partition coefficient (Wildman–Crippen LogP) is 6.09. The van der Waals surface area contributed by atoms with Gasteiger partial charge in [0, 0.05) is 36.0 Å². The Morgan fingerprint density at radius 3 is 2.65 bits per heavy atom. The molecule has 1 heterocycles. The number of benzene rings is 2. The first-order chi connectivity index (χ1) is 14.6. The van der Waals surface area contributed by atoms with E-state index in [-0.39, 0.29) is 30.3 Å². The molecule has 0 aromatic heterocycles. The SMILES string of the molecule is CC(C)CN(CC(=O)N1CCSC1c1ccccc1Cl)Cc1cccc(C(F)(F)F)c1. The van der Waals surface area contributed by atoms with E-state index < -0.39 is 11.7 Å². The Balaban J connectivity index is 1.75. The molecule has 1 amide bonds. The Bertz CT molecular complexity index is 906. The lowest BCUT2D eigenvalue weighted by atomic mass is 10.1. The van der Waals surface area contributed by atoms with Crippen molar-refractivity contribution in [2.75, 3.05) is 25.4 Å². The zero-order valence-corrected chi connectivity index (χ0v) is 19.1. The van der Waals surface area contributed by atoms with Gasteiger partial charge in [-0.25, -0.2) is 0 Å². The van der Waals surface area contributed by atoms with Gasteiger partial charge in [-0.1, -0.05) is 61.8 Å². The van der Waals surface area contributed by atoms with Crippen molar-refractivity contribution in [3.05, 3.63) is 70.2 Å². The van der Waals surface area contributed by atoms with E-state index >= 15 is 0 Å². The summed E-state index contributed by atoms with van der Waals surface area (Å²) in [5.41, 5.74) is 0.783. The van der Waals surface area contributed by atoms with E-state index in [1.165, 1.54) is 6.07 Å². The number of hydrogen-bond donors (Lipinski definition) is 0. The monoisotopic (exact) mass is 470 g/mol. The average molecular weight is 471 g/mol. The molecule has 3 rings (SSSR count). The normalized spacial score (nSPS) is 17.0. The Hall–Kier alpha value is -1.70. The lowest BCUT2D eigenvalue weighted by Crippen LogP contribution is -2.41. The van der Waals surface area contributed by atoms with Crippen LogP contribution in [0.4, 0.5) is 13.2 Å². The lowest BCUT2D eigenvalue weighted by molar-refractivity contribution is -0.137. The summed E-state index contributed by atoms with van der Waals surface area (Å²) in [5, 5.41) is 0.485. The fraction of sp³-hybridized carbons (Fsp3) is 0.435. The molecule has 2 aromatic rings. The number of rotatable bonds is 7. The zero-order valence-electron chi connectivity index (χ0n) is 17.5. The second-order valence-electron chi connectivity index (χ2n) is 8.09. The maximum Gasteiger partial charge on any atom is 0.416 e. The minimum atomic E-state index is -4.39. The Labute approximate surface area is 190 Å². The molecular weight excluding hydrogens is 445 g/mol. The second-order valence-corrected chi connectivity index (χ2v) is 9.69. The molecule has 0 N–H and O–H groups in total. The van der Waals surface area contributed by atoms with Gasteiger partial charge in [0.2, 0.25) is 5.91 Å². The van der Waals surface area contributed by atoms with Crippen LogP contribution in [0, 0.1) is 5.92 Å². The van der Waals surface area contributed by atoms with Crippen LogP contribution in [0.5, 0.6) is 0 Å². The van der Waals surface area contributed by atoms with E-state index in [2.05, 4.69) is 0 Å². The van der Waals surface area contributed by atoms with Gasteiger partial charge >= 0.3 is 6.18 Å². The minimum Gasteiger partial charge on any atom is -0.325 e. The van der Waals surface area contributed by atoms with Crippen LogP contribution < -0.4 is 0 Å². The van der Waals surface area contributed by atoms with Crippen LogP contribution in [0.25, 0.3) is 0 Å². The van der Waals surface area contributed by atoms with Gasteiger partial charge in [-0.2, -0.15) is 13.2 Å². The molecule has 31 heavy (non-hydrogen) atoms. The molecule has 0 spiro atoms. The Morgan fingerprint density at radius 1 is 1.23 bits per heavy atom. The number of carbonyl (C=O) groups excluding carboxylic acids is 1. The Kier molecular flexibility index (Phi) is 7.94. The molecule has 1 atom stereocenters. The molecule has 0 saturated carbocycles. The smallest absolute Gasteiger partial charge is 0.325 e. The maximum absolute atomic E-state index is 13.2. The van der Waals surface area contributed by atoms with E-state index in [0.29, 0.717) is 23.7 Å². The summed E-state index contributed by atoms with van der Waals surface area (Å²) in [6, 6.07) is 12.8. The molecule has 1 fully saturated rings. The van der Waals surface area contributed by atoms with Gasteiger partial charge in [0.1, 0.15) is 5.37 Å². The van der Waals surface area contributed by atoms with Gasteiger partial charge in [-0.15, -0.1) is 11.8 Å².